The molecule has 2 aromatic heterocycles. The van der Waals surface area contributed by atoms with E-state index in [4.69, 9.17) is 11.6 Å². The second-order valence-electron chi connectivity index (χ2n) is 4.66. The summed E-state index contributed by atoms with van der Waals surface area (Å²) < 4.78 is 1.92. The second-order valence-corrected chi connectivity index (χ2v) is 5.10. The molecule has 0 spiro atoms. The second kappa shape index (κ2) is 4.72. The number of aryl methyl sites for hydroxylation is 2. The highest BCUT2D eigenvalue weighted by Crippen LogP contribution is 2.28. The number of hydrogen-bond acceptors (Lipinski definition) is 3. The molecular weight excluding hydrogens is 274 g/mol. The van der Waals surface area contributed by atoms with Gasteiger partial charge < -0.3 is 4.57 Å². The Morgan fingerprint density at radius 1 is 1.30 bits per heavy atom. The molecule has 0 amide bonds. The summed E-state index contributed by atoms with van der Waals surface area (Å²) in [5.74, 6) is 0.709. The van der Waals surface area contributed by atoms with Crippen LogP contribution in [0.2, 0.25) is 5.02 Å². The van der Waals surface area contributed by atoms with Crippen LogP contribution in [0, 0.1) is 6.92 Å². The minimum atomic E-state index is 0.615. The van der Waals surface area contributed by atoms with E-state index in [9.17, 15) is 4.79 Å². The number of benzene rings is 1. The molecule has 0 aliphatic carbocycles. The van der Waals surface area contributed by atoms with Gasteiger partial charge in [0.25, 0.3) is 0 Å². The number of imidazole rings is 1. The van der Waals surface area contributed by atoms with Gasteiger partial charge in [-0.05, 0) is 30.7 Å². The summed E-state index contributed by atoms with van der Waals surface area (Å²) in [6.45, 7) is 1.86. The lowest BCUT2D eigenvalue weighted by atomic mass is 10.1. The summed E-state index contributed by atoms with van der Waals surface area (Å²) in [6, 6.07) is 5.53. The highest BCUT2D eigenvalue weighted by Gasteiger charge is 2.15. The molecule has 0 unspecified atom stereocenters. The maximum atomic E-state index is 11.3. The van der Waals surface area contributed by atoms with Crippen molar-refractivity contribution in [3.63, 3.8) is 0 Å². The largest absolute Gasteiger partial charge is 0.327 e. The number of aromatic nitrogens is 3. The maximum Gasteiger partial charge on any atom is 0.151 e. The average molecular weight is 286 g/mol. The van der Waals surface area contributed by atoms with Gasteiger partial charge >= 0.3 is 0 Å². The minimum absolute atomic E-state index is 0.615. The fourth-order valence-electron chi connectivity index (χ4n) is 2.31. The van der Waals surface area contributed by atoms with Crippen molar-refractivity contribution in [2.75, 3.05) is 0 Å². The smallest absolute Gasteiger partial charge is 0.151 e. The number of nitrogens with zero attached hydrogens (tertiary/aromatic N) is 3. The minimum Gasteiger partial charge on any atom is -0.327 e. The number of hydrogen-bond donors (Lipinski definition) is 0. The molecule has 0 radical (unpaired) electrons. The van der Waals surface area contributed by atoms with Crippen molar-refractivity contribution >= 4 is 28.9 Å². The van der Waals surface area contributed by atoms with Crippen LogP contribution in [0.15, 0.2) is 30.6 Å². The highest BCUT2D eigenvalue weighted by molar-refractivity contribution is 6.31. The predicted molar refractivity (Wildman–Crippen MR) is 79.1 cm³/mol. The van der Waals surface area contributed by atoms with Crippen molar-refractivity contribution in [2.45, 2.75) is 6.92 Å². The molecule has 2 heterocycles. The van der Waals surface area contributed by atoms with Crippen LogP contribution < -0.4 is 0 Å². The van der Waals surface area contributed by atoms with Gasteiger partial charge in [-0.3, -0.25) is 9.78 Å². The first-order chi connectivity index (χ1) is 9.61. The fraction of sp³-hybridized carbons (Fsp3) is 0.133. The molecule has 0 saturated carbocycles. The Morgan fingerprint density at radius 2 is 2.10 bits per heavy atom. The maximum absolute atomic E-state index is 11.3. The Bertz CT molecular complexity index is 823. The number of aldehydes is 1. The Morgan fingerprint density at radius 3 is 2.85 bits per heavy atom. The molecule has 0 bridgehead atoms. The number of pyridine rings is 1. The van der Waals surface area contributed by atoms with Crippen LogP contribution in [0.4, 0.5) is 0 Å². The Kier molecular flexibility index (Phi) is 3.03. The van der Waals surface area contributed by atoms with E-state index < -0.39 is 0 Å². The van der Waals surface area contributed by atoms with Gasteiger partial charge in [-0.15, -0.1) is 0 Å². The van der Waals surface area contributed by atoms with Crippen LogP contribution in [-0.4, -0.2) is 20.8 Å². The quantitative estimate of drug-likeness (QED) is 0.678. The molecule has 0 aliphatic rings. The molecule has 0 atom stereocenters. The van der Waals surface area contributed by atoms with Crippen molar-refractivity contribution in [1.29, 1.82) is 0 Å². The summed E-state index contributed by atoms with van der Waals surface area (Å²) in [7, 11) is 1.90. The fourth-order valence-corrected chi connectivity index (χ4v) is 2.48. The zero-order valence-electron chi connectivity index (χ0n) is 11.1. The lowest BCUT2D eigenvalue weighted by Crippen LogP contribution is -1.99. The number of rotatable bonds is 2. The van der Waals surface area contributed by atoms with Crippen molar-refractivity contribution in [1.82, 2.24) is 14.5 Å². The lowest BCUT2D eigenvalue weighted by molar-refractivity contribution is 0.112. The van der Waals surface area contributed by atoms with E-state index in [1.54, 1.807) is 18.5 Å². The Labute approximate surface area is 121 Å². The number of halogens is 1. The summed E-state index contributed by atoms with van der Waals surface area (Å²) in [5, 5.41) is 0.657. The monoisotopic (exact) mass is 285 g/mol. The first-order valence-corrected chi connectivity index (χ1v) is 6.51. The molecule has 100 valence electrons. The Hall–Kier alpha value is -2.20. The van der Waals surface area contributed by atoms with E-state index in [0.717, 1.165) is 28.4 Å². The number of carbonyl (C=O) groups is 1. The number of carbonyl (C=O) groups excluding carboxylic acids is 1. The van der Waals surface area contributed by atoms with Gasteiger partial charge in [0, 0.05) is 35.6 Å². The third-order valence-corrected chi connectivity index (χ3v) is 3.62. The van der Waals surface area contributed by atoms with Crippen molar-refractivity contribution in [2.24, 2.45) is 7.05 Å². The van der Waals surface area contributed by atoms with Crippen LogP contribution in [0.25, 0.3) is 22.4 Å². The highest BCUT2D eigenvalue weighted by atomic mass is 35.5. The SMILES string of the molecule is Cc1cncc(-c2nc3ccc(Cl)cc3n2C)c1C=O. The van der Waals surface area contributed by atoms with Crippen molar-refractivity contribution in [3.05, 3.63) is 46.7 Å². The van der Waals surface area contributed by atoms with Crippen molar-refractivity contribution < 1.29 is 4.79 Å². The molecular formula is C15H12ClN3O. The van der Waals surface area contributed by atoms with Crippen LogP contribution in [0.1, 0.15) is 15.9 Å². The van der Waals surface area contributed by atoms with Crippen molar-refractivity contribution in [3.8, 4) is 11.4 Å². The van der Waals surface area contributed by atoms with Gasteiger partial charge in [-0.25, -0.2) is 4.98 Å². The van der Waals surface area contributed by atoms with E-state index in [1.165, 1.54) is 0 Å². The van der Waals surface area contributed by atoms with Gasteiger partial charge in [0.2, 0.25) is 0 Å². The first-order valence-electron chi connectivity index (χ1n) is 6.14. The predicted octanol–water partition coefficient (Wildman–Crippen LogP) is 3.41. The summed E-state index contributed by atoms with van der Waals surface area (Å²) in [5.41, 5.74) is 3.94. The van der Waals surface area contributed by atoms with E-state index >= 15 is 0 Å². The van der Waals surface area contributed by atoms with Gasteiger partial charge in [0.1, 0.15) is 5.82 Å². The molecule has 3 aromatic rings. The third kappa shape index (κ3) is 1.89. The van der Waals surface area contributed by atoms with Crippen LogP contribution in [-0.2, 0) is 7.05 Å². The standard InChI is InChI=1S/C15H12ClN3O/c1-9-6-17-7-11(12(9)8-20)15-18-13-4-3-10(16)5-14(13)19(15)2/h3-8H,1-2H3. The van der Waals surface area contributed by atoms with E-state index in [0.29, 0.717) is 16.4 Å². The summed E-state index contributed by atoms with van der Waals surface area (Å²) >= 11 is 6.02. The molecule has 0 fully saturated rings. The van der Waals surface area contributed by atoms with Gasteiger partial charge in [-0.1, -0.05) is 11.6 Å². The van der Waals surface area contributed by atoms with Crippen LogP contribution in [0.5, 0.6) is 0 Å². The van der Waals surface area contributed by atoms with Gasteiger partial charge in [-0.2, -0.15) is 0 Å². The van der Waals surface area contributed by atoms with E-state index in [-0.39, 0.29) is 0 Å². The average Bonchev–Trinajstić information content (AvgIpc) is 2.75. The van der Waals surface area contributed by atoms with E-state index in [2.05, 4.69) is 9.97 Å². The zero-order chi connectivity index (χ0) is 14.3. The molecule has 20 heavy (non-hydrogen) atoms. The summed E-state index contributed by atoms with van der Waals surface area (Å²) in [6.07, 6.45) is 4.19. The topological polar surface area (TPSA) is 47.8 Å². The first kappa shape index (κ1) is 12.8. The molecule has 4 nitrogen and oxygen atoms in total. The molecule has 0 N–H and O–H groups in total. The normalized spacial score (nSPS) is 10.9. The van der Waals surface area contributed by atoms with Crippen LogP contribution >= 0.6 is 11.6 Å². The molecule has 1 aromatic carbocycles. The van der Waals surface area contributed by atoms with E-state index in [1.807, 2.05) is 30.7 Å². The molecule has 0 saturated heterocycles. The van der Waals surface area contributed by atoms with Crippen LogP contribution in [0.3, 0.4) is 0 Å². The summed E-state index contributed by atoms with van der Waals surface area (Å²) in [4.78, 5) is 20.1. The Balaban J connectivity index is 2.33. The molecule has 3 rings (SSSR count). The molecule has 5 heteroatoms. The lowest BCUT2D eigenvalue weighted by Gasteiger charge is -2.06. The van der Waals surface area contributed by atoms with Gasteiger partial charge in [0.15, 0.2) is 6.29 Å². The third-order valence-electron chi connectivity index (χ3n) is 3.39. The van der Waals surface area contributed by atoms with Gasteiger partial charge in [0.05, 0.1) is 11.0 Å². The molecule has 0 aliphatic heterocycles. The number of fused-ring (bicyclic) bond motifs is 1. The zero-order valence-corrected chi connectivity index (χ0v) is 11.8.